The van der Waals surface area contributed by atoms with Crippen LogP contribution in [0.15, 0.2) is 10.6 Å². The Balaban J connectivity index is 2.08. The SMILES string of the molecule is CO[C@H]1C[C@@H](C(N)=O)N(Cc2ncc(C(C)(C)C)o2)C1. The smallest absolute Gasteiger partial charge is 0.234 e. The highest BCUT2D eigenvalue weighted by molar-refractivity contribution is 5.80. The summed E-state index contributed by atoms with van der Waals surface area (Å²) in [4.78, 5) is 17.8. The molecule has 2 heterocycles. The third-order valence-corrected chi connectivity index (χ3v) is 3.66. The maximum Gasteiger partial charge on any atom is 0.234 e. The van der Waals surface area contributed by atoms with Crippen LogP contribution in [0.3, 0.4) is 0 Å². The molecule has 2 N–H and O–H groups in total. The van der Waals surface area contributed by atoms with Gasteiger partial charge in [0.15, 0.2) is 0 Å². The van der Waals surface area contributed by atoms with Gasteiger partial charge < -0.3 is 14.9 Å². The van der Waals surface area contributed by atoms with Crippen LogP contribution in [0.2, 0.25) is 0 Å². The number of hydrogen-bond donors (Lipinski definition) is 1. The van der Waals surface area contributed by atoms with Gasteiger partial charge in [-0.25, -0.2) is 4.98 Å². The minimum Gasteiger partial charge on any atom is -0.444 e. The van der Waals surface area contributed by atoms with Gasteiger partial charge in [0.05, 0.1) is 24.9 Å². The van der Waals surface area contributed by atoms with Crippen LogP contribution in [0.1, 0.15) is 38.8 Å². The average Bonchev–Trinajstić information content (AvgIpc) is 2.95. The van der Waals surface area contributed by atoms with Crippen molar-refractivity contribution in [3.05, 3.63) is 17.8 Å². The van der Waals surface area contributed by atoms with Gasteiger partial charge in [-0.1, -0.05) is 20.8 Å². The van der Waals surface area contributed by atoms with E-state index < -0.39 is 0 Å². The van der Waals surface area contributed by atoms with E-state index in [9.17, 15) is 4.79 Å². The van der Waals surface area contributed by atoms with E-state index in [1.807, 2.05) is 4.90 Å². The summed E-state index contributed by atoms with van der Waals surface area (Å²) >= 11 is 0. The summed E-state index contributed by atoms with van der Waals surface area (Å²) in [5.74, 6) is 1.12. The van der Waals surface area contributed by atoms with Crippen LogP contribution in [-0.2, 0) is 21.5 Å². The first-order valence-electron chi connectivity index (χ1n) is 6.82. The van der Waals surface area contributed by atoms with E-state index in [4.69, 9.17) is 14.9 Å². The fourth-order valence-electron chi connectivity index (χ4n) is 2.41. The minimum absolute atomic E-state index is 0.0320. The van der Waals surface area contributed by atoms with Gasteiger partial charge in [0.25, 0.3) is 0 Å². The maximum atomic E-state index is 11.5. The number of amides is 1. The van der Waals surface area contributed by atoms with E-state index in [1.54, 1.807) is 13.3 Å². The van der Waals surface area contributed by atoms with Gasteiger partial charge in [-0.05, 0) is 6.42 Å². The molecule has 1 fully saturated rings. The van der Waals surface area contributed by atoms with Crippen LogP contribution in [-0.4, -0.2) is 41.6 Å². The summed E-state index contributed by atoms with van der Waals surface area (Å²) in [5, 5.41) is 0. The lowest BCUT2D eigenvalue weighted by molar-refractivity contribution is -0.122. The second kappa shape index (κ2) is 5.54. The predicted molar refractivity (Wildman–Crippen MR) is 74.0 cm³/mol. The number of rotatable bonds is 4. The van der Waals surface area contributed by atoms with Crippen LogP contribution < -0.4 is 5.73 Å². The molecule has 0 aromatic carbocycles. The summed E-state index contributed by atoms with van der Waals surface area (Å²) in [6.07, 6.45) is 2.40. The highest BCUT2D eigenvalue weighted by Gasteiger charge is 2.36. The number of methoxy groups -OCH3 is 1. The quantitative estimate of drug-likeness (QED) is 0.892. The van der Waals surface area contributed by atoms with Gasteiger partial charge in [-0.15, -0.1) is 0 Å². The predicted octanol–water partition coefficient (Wildman–Crippen LogP) is 1.05. The van der Waals surface area contributed by atoms with Gasteiger partial charge in [-0.2, -0.15) is 0 Å². The molecule has 0 bridgehead atoms. The Labute approximate surface area is 119 Å². The van der Waals surface area contributed by atoms with Crippen LogP contribution in [0.25, 0.3) is 0 Å². The largest absolute Gasteiger partial charge is 0.444 e. The van der Waals surface area contributed by atoms with Crippen molar-refractivity contribution in [1.82, 2.24) is 9.88 Å². The lowest BCUT2D eigenvalue weighted by atomic mass is 9.94. The number of oxazole rings is 1. The summed E-state index contributed by atoms with van der Waals surface area (Å²) in [6, 6.07) is -0.315. The van der Waals surface area contributed by atoms with Crippen LogP contribution in [0.4, 0.5) is 0 Å². The number of carbonyl (C=O) groups is 1. The van der Waals surface area contributed by atoms with Crippen molar-refractivity contribution in [1.29, 1.82) is 0 Å². The summed E-state index contributed by atoms with van der Waals surface area (Å²) in [7, 11) is 1.65. The zero-order valence-electron chi connectivity index (χ0n) is 12.5. The van der Waals surface area contributed by atoms with E-state index in [0.717, 1.165) is 5.76 Å². The number of hydrogen-bond acceptors (Lipinski definition) is 5. The molecule has 6 nitrogen and oxygen atoms in total. The first-order valence-corrected chi connectivity index (χ1v) is 6.82. The van der Waals surface area contributed by atoms with E-state index in [2.05, 4.69) is 25.8 Å². The molecule has 112 valence electrons. The van der Waals surface area contributed by atoms with Crippen molar-refractivity contribution in [2.45, 2.75) is 51.3 Å². The molecule has 1 saturated heterocycles. The number of nitrogens with zero attached hydrogens (tertiary/aromatic N) is 2. The summed E-state index contributed by atoms with van der Waals surface area (Å²) in [6.45, 7) is 7.35. The van der Waals surface area contributed by atoms with Gasteiger partial charge in [0.1, 0.15) is 5.76 Å². The molecule has 2 atom stereocenters. The molecule has 1 amide bonds. The first kappa shape index (κ1) is 15.0. The Kier molecular flexibility index (Phi) is 4.15. The Morgan fingerprint density at radius 2 is 2.30 bits per heavy atom. The topological polar surface area (TPSA) is 81.6 Å². The molecule has 1 aromatic heterocycles. The van der Waals surface area contributed by atoms with Crippen molar-refractivity contribution in [2.75, 3.05) is 13.7 Å². The highest BCUT2D eigenvalue weighted by atomic mass is 16.5. The second-order valence-electron chi connectivity index (χ2n) is 6.31. The molecule has 0 aliphatic carbocycles. The van der Waals surface area contributed by atoms with Gasteiger partial charge >= 0.3 is 0 Å². The fraction of sp³-hybridized carbons (Fsp3) is 0.714. The van der Waals surface area contributed by atoms with Crippen molar-refractivity contribution in [3.63, 3.8) is 0 Å². The maximum absolute atomic E-state index is 11.5. The molecule has 0 saturated carbocycles. The molecule has 0 spiro atoms. The Morgan fingerprint density at radius 3 is 2.80 bits per heavy atom. The van der Waals surface area contributed by atoms with Crippen molar-refractivity contribution < 1.29 is 13.9 Å². The van der Waals surface area contributed by atoms with E-state index in [-0.39, 0.29) is 23.5 Å². The fourth-order valence-corrected chi connectivity index (χ4v) is 2.41. The molecule has 1 aliphatic rings. The Morgan fingerprint density at radius 1 is 1.60 bits per heavy atom. The number of aromatic nitrogens is 1. The number of likely N-dealkylation sites (tertiary alicyclic amines) is 1. The lowest BCUT2D eigenvalue weighted by Gasteiger charge is -2.19. The Bertz CT molecular complexity index is 478. The molecule has 1 aliphatic heterocycles. The zero-order valence-corrected chi connectivity index (χ0v) is 12.5. The Hall–Kier alpha value is -1.40. The van der Waals surface area contributed by atoms with Crippen molar-refractivity contribution in [3.8, 4) is 0 Å². The second-order valence-corrected chi connectivity index (χ2v) is 6.31. The van der Waals surface area contributed by atoms with Gasteiger partial charge in [0, 0.05) is 19.1 Å². The van der Waals surface area contributed by atoms with E-state index in [1.165, 1.54) is 0 Å². The first-order chi connectivity index (χ1) is 9.31. The molecule has 2 rings (SSSR count). The average molecular weight is 281 g/mol. The van der Waals surface area contributed by atoms with Gasteiger partial charge in [0.2, 0.25) is 11.8 Å². The molecular weight excluding hydrogens is 258 g/mol. The normalized spacial score (nSPS) is 24.2. The van der Waals surface area contributed by atoms with E-state index >= 15 is 0 Å². The minimum atomic E-state index is -0.327. The molecule has 1 aromatic rings. The monoisotopic (exact) mass is 281 g/mol. The molecule has 0 unspecified atom stereocenters. The highest BCUT2D eigenvalue weighted by Crippen LogP contribution is 2.25. The number of primary amides is 1. The zero-order chi connectivity index (χ0) is 14.9. The van der Waals surface area contributed by atoms with E-state index in [0.29, 0.717) is 25.4 Å². The molecule has 0 radical (unpaired) electrons. The number of nitrogens with two attached hydrogens (primary N) is 1. The lowest BCUT2D eigenvalue weighted by Crippen LogP contribution is -2.39. The number of carbonyl (C=O) groups excluding carboxylic acids is 1. The number of ether oxygens (including phenoxy) is 1. The third-order valence-electron chi connectivity index (χ3n) is 3.66. The summed E-state index contributed by atoms with van der Waals surface area (Å²) < 4.78 is 11.1. The molecule has 6 heteroatoms. The third kappa shape index (κ3) is 3.19. The van der Waals surface area contributed by atoms with Gasteiger partial charge in [-0.3, -0.25) is 9.69 Å². The van der Waals surface area contributed by atoms with Crippen LogP contribution in [0.5, 0.6) is 0 Å². The van der Waals surface area contributed by atoms with Crippen LogP contribution in [0, 0.1) is 0 Å². The van der Waals surface area contributed by atoms with Crippen molar-refractivity contribution >= 4 is 5.91 Å². The molecular formula is C14H23N3O3. The van der Waals surface area contributed by atoms with Crippen molar-refractivity contribution in [2.24, 2.45) is 5.73 Å². The molecule has 20 heavy (non-hydrogen) atoms. The standard InChI is InChI=1S/C14H23N3O3/c1-14(2,3)11-6-16-12(20-11)8-17-7-9(19-4)5-10(17)13(15)18/h6,9-10H,5,7-8H2,1-4H3,(H2,15,18)/t9-,10-/m0/s1. The summed E-state index contributed by atoms with van der Waals surface area (Å²) in [5.41, 5.74) is 5.37. The van der Waals surface area contributed by atoms with Crippen LogP contribution >= 0.6 is 0 Å².